The standard InChI is InChI=1S/C19H23N7O3/c1-4-26-11-13(9-23-26)24-19-22-10-15(17(20)27)18(25-19)21-8-12-7-14(28-2)5-6-16(12)29-3/h5-7,9-11H,4,8H2,1-3H3,(H2,20,27)(H2,21,22,24,25). The Kier molecular flexibility index (Phi) is 6.12. The molecule has 0 saturated carbocycles. The van der Waals surface area contributed by atoms with Crippen molar-refractivity contribution in [2.75, 3.05) is 24.9 Å². The van der Waals surface area contributed by atoms with Gasteiger partial charge in [0.15, 0.2) is 0 Å². The Balaban J connectivity index is 1.84. The monoisotopic (exact) mass is 397 g/mol. The van der Waals surface area contributed by atoms with Gasteiger partial charge in [0.25, 0.3) is 5.91 Å². The van der Waals surface area contributed by atoms with Gasteiger partial charge in [-0.2, -0.15) is 10.1 Å². The van der Waals surface area contributed by atoms with Gasteiger partial charge in [-0.15, -0.1) is 0 Å². The highest BCUT2D eigenvalue weighted by atomic mass is 16.5. The zero-order valence-electron chi connectivity index (χ0n) is 16.5. The Labute approximate surface area is 168 Å². The summed E-state index contributed by atoms with van der Waals surface area (Å²) < 4.78 is 12.4. The van der Waals surface area contributed by atoms with E-state index in [0.29, 0.717) is 29.8 Å². The minimum absolute atomic E-state index is 0.182. The number of aromatic nitrogens is 4. The smallest absolute Gasteiger partial charge is 0.254 e. The fourth-order valence-corrected chi connectivity index (χ4v) is 2.69. The van der Waals surface area contributed by atoms with Crippen LogP contribution in [-0.2, 0) is 13.1 Å². The van der Waals surface area contributed by atoms with E-state index in [9.17, 15) is 4.79 Å². The number of nitrogens with two attached hydrogens (primary N) is 1. The van der Waals surface area contributed by atoms with E-state index in [1.54, 1.807) is 31.2 Å². The summed E-state index contributed by atoms with van der Waals surface area (Å²) in [7, 11) is 3.18. The maximum absolute atomic E-state index is 11.8. The number of rotatable bonds is 9. The normalized spacial score (nSPS) is 10.4. The van der Waals surface area contributed by atoms with Crippen molar-refractivity contribution in [3.05, 3.63) is 47.9 Å². The molecular weight excluding hydrogens is 374 g/mol. The van der Waals surface area contributed by atoms with Gasteiger partial charge in [-0.25, -0.2) is 4.98 Å². The molecule has 0 unspecified atom stereocenters. The predicted octanol–water partition coefficient (Wildman–Crippen LogP) is 2.16. The minimum Gasteiger partial charge on any atom is -0.497 e. The molecule has 0 fully saturated rings. The molecule has 29 heavy (non-hydrogen) atoms. The van der Waals surface area contributed by atoms with Crippen molar-refractivity contribution in [1.29, 1.82) is 0 Å². The first kappa shape index (κ1) is 19.9. The van der Waals surface area contributed by atoms with Gasteiger partial charge in [-0.05, 0) is 25.1 Å². The van der Waals surface area contributed by atoms with Gasteiger partial charge in [0.1, 0.15) is 17.3 Å². The first-order valence-electron chi connectivity index (χ1n) is 8.95. The lowest BCUT2D eigenvalue weighted by Crippen LogP contribution is -2.17. The summed E-state index contributed by atoms with van der Waals surface area (Å²) in [6.45, 7) is 3.08. The Hall–Kier alpha value is -3.82. The van der Waals surface area contributed by atoms with Crippen LogP contribution in [0.2, 0.25) is 0 Å². The maximum Gasteiger partial charge on any atom is 0.254 e. The highest BCUT2D eigenvalue weighted by Crippen LogP contribution is 2.25. The van der Waals surface area contributed by atoms with Crippen molar-refractivity contribution in [2.45, 2.75) is 20.0 Å². The number of carbonyl (C=O) groups is 1. The first-order chi connectivity index (χ1) is 14.0. The lowest BCUT2D eigenvalue weighted by molar-refractivity contribution is 0.100. The zero-order chi connectivity index (χ0) is 20.8. The lowest BCUT2D eigenvalue weighted by Gasteiger charge is -2.14. The zero-order valence-corrected chi connectivity index (χ0v) is 16.5. The molecule has 4 N–H and O–H groups in total. The molecule has 0 aliphatic rings. The van der Waals surface area contributed by atoms with E-state index in [1.165, 1.54) is 6.20 Å². The molecule has 0 spiro atoms. The number of carbonyl (C=O) groups excluding carboxylic acids is 1. The van der Waals surface area contributed by atoms with Gasteiger partial charge >= 0.3 is 0 Å². The average molecular weight is 397 g/mol. The number of methoxy groups -OCH3 is 2. The molecule has 0 atom stereocenters. The Morgan fingerprint density at radius 2 is 2.07 bits per heavy atom. The molecule has 10 nitrogen and oxygen atoms in total. The molecule has 2 heterocycles. The van der Waals surface area contributed by atoms with Crippen LogP contribution in [0.3, 0.4) is 0 Å². The third kappa shape index (κ3) is 4.72. The second-order valence-electron chi connectivity index (χ2n) is 6.06. The number of nitrogens with one attached hydrogen (secondary N) is 2. The van der Waals surface area contributed by atoms with E-state index in [2.05, 4.69) is 25.7 Å². The van der Waals surface area contributed by atoms with Gasteiger partial charge in [0, 0.05) is 31.0 Å². The van der Waals surface area contributed by atoms with Crippen LogP contribution >= 0.6 is 0 Å². The number of nitrogens with zero attached hydrogens (tertiary/aromatic N) is 4. The summed E-state index contributed by atoms with van der Waals surface area (Å²) in [5.41, 5.74) is 7.22. The molecule has 0 aliphatic carbocycles. The van der Waals surface area contributed by atoms with Crippen LogP contribution in [0.1, 0.15) is 22.8 Å². The largest absolute Gasteiger partial charge is 0.497 e. The molecule has 0 radical (unpaired) electrons. The molecule has 0 aliphatic heterocycles. The number of hydrogen-bond acceptors (Lipinski definition) is 8. The van der Waals surface area contributed by atoms with Crippen molar-refractivity contribution >= 4 is 23.4 Å². The van der Waals surface area contributed by atoms with Gasteiger partial charge in [-0.1, -0.05) is 0 Å². The van der Waals surface area contributed by atoms with Crippen molar-refractivity contribution in [2.24, 2.45) is 5.73 Å². The molecular formula is C19H23N7O3. The molecule has 3 aromatic rings. The molecule has 0 saturated heterocycles. The molecule has 3 rings (SSSR count). The van der Waals surface area contributed by atoms with Crippen LogP contribution in [0.25, 0.3) is 0 Å². The summed E-state index contributed by atoms with van der Waals surface area (Å²) in [6, 6.07) is 5.46. The van der Waals surface area contributed by atoms with Crippen LogP contribution in [0.5, 0.6) is 11.5 Å². The molecule has 0 bridgehead atoms. The number of anilines is 3. The van der Waals surface area contributed by atoms with Gasteiger partial charge in [0.2, 0.25) is 5.95 Å². The van der Waals surface area contributed by atoms with Crippen LogP contribution in [0, 0.1) is 0 Å². The van der Waals surface area contributed by atoms with Crippen LogP contribution in [0.4, 0.5) is 17.5 Å². The Morgan fingerprint density at radius 3 is 2.72 bits per heavy atom. The SMILES string of the molecule is CCn1cc(Nc2ncc(C(N)=O)c(NCc3cc(OC)ccc3OC)n2)cn1. The van der Waals surface area contributed by atoms with Gasteiger partial charge < -0.3 is 25.8 Å². The number of benzene rings is 1. The molecule has 10 heteroatoms. The van der Waals surface area contributed by atoms with E-state index in [1.807, 2.05) is 25.3 Å². The first-order valence-corrected chi connectivity index (χ1v) is 8.95. The summed E-state index contributed by atoms with van der Waals surface area (Å²) in [4.78, 5) is 20.3. The van der Waals surface area contributed by atoms with Crippen molar-refractivity contribution in [3.8, 4) is 11.5 Å². The molecule has 2 aromatic heterocycles. The number of primary amides is 1. The second kappa shape index (κ2) is 8.91. The minimum atomic E-state index is -0.629. The summed E-state index contributed by atoms with van der Waals surface area (Å²) >= 11 is 0. The Morgan fingerprint density at radius 1 is 1.24 bits per heavy atom. The Bertz CT molecular complexity index is 1000. The molecule has 152 valence electrons. The van der Waals surface area contributed by atoms with Crippen LogP contribution < -0.4 is 25.8 Å². The number of hydrogen-bond donors (Lipinski definition) is 3. The summed E-state index contributed by atoms with van der Waals surface area (Å²) in [6.07, 6.45) is 4.88. The lowest BCUT2D eigenvalue weighted by atomic mass is 10.2. The fraction of sp³-hybridized carbons (Fsp3) is 0.263. The van der Waals surface area contributed by atoms with Gasteiger partial charge in [0.05, 0.1) is 31.7 Å². The number of ether oxygens (including phenoxy) is 2. The quantitative estimate of drug-likeness (QED) is 0.501. The number of amides is 1. The van der Waals surface area contributed by atoms with Crippen LogP contribution in [0.15, 0.2) is 36.8 Å². The topological polar surface area (TPSA) is 129 Å². The number of aryl methyl sites for hydroxylation is 1. The van der Waals surface area contributed by atoms with E-state index in [0.717, 1.165) is 17.8 Å². The average Bonchev–Trinajstić information content (AvgIpc) is 3.19. The third-order valence-electron chi connectivity index (χ3n) is 4.20. The fourth-order valence-electron chi connectivity index (χ4n) is 2.69. The van der Waals surface area contributed by atoms with E-state index in [4.69, 9.17) is 15.2 Å². The second-order valence-corrected chi connectivity index (χ2v) is 6.06. The van der Waals surface area contributed by atoms with Crippen molar-refractivity contribution in [1.82, 2.24) is 19.7 Å². The van der Waals surface area contributed by atoms with Crippen molar-refractivity contribution < 1.29 is 14.3 Å². The highest BCUT2D eigenvalue weighted by molar-refractivity contribution is 5.97. The highest BCUT2D eigenvalue weighted by Gasteiger charge is 2.14. The third-order valence-corrected chi connectivity index (χ3v) is 4.20. The summed E-state index contributed by atoms with van der Waals surface area (Å²) in [5.74, 6) is 1.36. The van der Waals surface area contributed by atoms with E-state index >= 15 is 0 Å². The summed E-state index contributed by atoms with van der Waals surface area (Å²) in [5, 5.41) is 10.4. The van der Waals surface area contributed by atoms with E-state index < -0.39 is 5.91 Å². The predicted molar refractivity (Wildman–Crippen MR) is 109 cm³/mol. The van der Waals surface area contributed by atoms with Gasteiger partial charge in [-0.3, -0.25) is 9.48 Å². The maximum atomic E-state index is 11.8. The molecule has 1 aromatic carbocycles. The molecule has 1 amide bonds. The van der Waals surface area contributed by atoms with Crippen molar-refractivity contribution in [3.63, 3.8) is 0 Å². The van der Waals surface area contributed by atoms with Crippen LogP contribution in [-0.4, -0.2) is 39.9 Å². The van der Waals surface area contributed by atoms with E-state index in [-0.39, 0.29) is 5.56 Å².